The molecule has 0 unspecified atom stereocenters. The van der Waals surface area contributed by atoms with Gasteiger partial charge in [0, 0.05) is 11.1 Å². The number of carbonyl (C=O) groups excluding carboxylic acids is 2. The van der Waals surface area contributed by atoms with Gasteiger partial charge >= 0.3 is 5.97 Å². The van der Waals surface area contributed by atoms with Crippen molar-refractivity contribution in [3.8, 4) is 5.69 Å². The third kappa shape index (κ3) is 3.57. The van der Waals surface area contributed by atoms with Gasteiger partial charge in [-0.05, 0) is 67.9 Å². The van der Waals surface area contributed by atoms with Gasteiger partial charge in [0.05, 0.1) is 28.9 Å². The zero-order valence-corrected chi connectivity index (χ0v) is 17.3. The molecule has 1 N–H and O–H groups in total. The Morgan fingerprint density at radius 1 is 1.10 bits per heavy atom. The first-order valence-electron chi connectivity index (χ1n) is 9.13. The van der Waals surface area contributed by atoms with Crippen molar-refractivity contribution >= 4 is 39.1 Å². The number of hydrogen-bond acceptors (Lipinski definition) is 5. The van der Waals surface area contributed by atoms with E-state index >= 15 is 0 Å². The van der Waals surface area contributed by atoms with Crippen LogP contribution in [0.2, 0.25) is 0 Å². The number of halogens is 1. The molecule has 6 nitrogen and oxygen atoms in total. The molecule has 8 heteroatoms. The third-order valence-corrected chi connectivity index (χ3v) is 5.84. The Balaban J connectivity index is 1.64. The Morgan fingerprint density at radius 2 is 1.83 bits per heavy atom. The Kier molecular flexibility index (Phi) is 5.09. The molecular weight excluding hydrogens is 405 g/mol. The van der Waals surface area contributed by atoms with E-state index in [9.17, 15) is 14.0 Å². The van der Waals surface area contributed by atoms with Crippen molar-refractivity contribution in [2.45, 2.75) is 13.8 Å². The summed E-state index contributed by atoms with van der Waals surface area (Å²) in [7, 11) is 1.32. The lowest BCUT2D eigenvalue weighted by Crippen LogP contribution is -2.12. The number of aromatic nitrogens is 2. The fraction of sp³-hybridized carbons (Fsp3) is 0.136. The first-order chi connectivity index (χ1) is 14.4. The van der Waals surface area contributed by atoms with Crippen molar-refractivity contribution in [1.29, 1.82) is 0 Å². The molecule has 0 radical (unpaired) electrons. The smallest absolute Gasteiger partial charge is 0.337 e. The topological polar surface area (TPSA) is 73.2 Å². The Bertz CT molecular complexity index is 1280. The van der Waals surface area contributed by atoms with Crippen molar-refractivity contribution in [3.05, 3.63) is 76.0 Å². The van der Waals surface area contributed by atoms with Gasteiger partial charge in [0.25, 0.3) is 5.91 Å². The highest BCUT2D eigenvalue weighted by atomic mass is 32.1. The molecular formula is C22H18FN3O3S. The largest absolute Gasteiger partial charge is 0.465 e. The SMILES string of the molecule is COC(=O)c1ccc(NC(=O)c2cc3c(C)nn(-c4ccc(F)cc4)c3s2)c(C)c1. The second kappa shape index (κ2) is 7.72. The maximum Gasteiger partial charge on any atom is 0.337 e. The summed E-state index contributed by atoms with van der Waals surface area (Å²) in [6.45, 7) is 3.68. The van der Waals surface area contributed by atoms with E-state index in [-0.39, 0.29) is 11.7 Å². The molecule has 30 heavy (non-hydrogen) atoms. The number of aryl methyl sites for hydroxylation is 2. The van der Waals surface area contributed by atoms with Crippen LogP contribution in [0.1, 0.15) is 31.3 Å². The number of fused-ring (bicyclic) bond motifs is 1. The predicted octanol–water partition coefficient (Wildman–Crippen LogP) is 4.88. The lowest BCUT2D eigenvalue weighted by Gasteiger charge is -2.09. The molecule has 0 aliphatic heterocycles. The number of thiophene rings is 1. The highest BCUT2D eigenvalue weighted by molar-refractivity contribution is 7.20. The van der Waals surface area contributed by atoms with E-state index in [0.29, 0.717) is 16.1 Å². The highest BCUT2D eigenvalue weighted by Gasteiger charge is 2.18. The van der Waals surface area contributed by atoms with Gasteiger partial charge in [0.15, 0.2) is 0 Å². The number of esters is 1. The lowest BCUT2D eigenvalue weighted by molar-refractivity contribution is 0.0600. The van der Waals surface area contributed by atoms with Crippen LogP contribution < -0.4 is 5.32 Å². The summed E-state index contributed by atoms with van der Waals surface area (Å²) in [5.74, 6) is -1.00. The number of methoxy groups -OCH3 is 1. The van der Waals surface area contributed by atoms with Gasteiger partial charge in [-0.3, -0.25) is 4.79 Å². The number of amides is 1. The number of carbonyl (C=O) groups is 2. The summed E-state index contributed by atoms with van der Waals surface area (Å²) in [6.07, 6.45) is 0. The van der Waals surface area contributed by atoms with Gasteiger partial charge < -0.3 is 10.1 Å². The van der Waals surface area contributed by atoms with Crippen molar-refractivity contribution in [1.82, 2.24) is 9.78 Å². The summed E-state index contributed by atoms with van der Waals surface area (Å²) >= 11 is 1.31. The zero-order chi connectivity index (χ0) is 21.4. The molecule has 2 aromatic heterocycles. The van der Waals surface area contributed by atoms with Crippen LogP contribution in [-0.2, 0) is 4.74 Å². The highest BCUT2D eigenvalue weighted by Crippen LogP contribution is 2.31. The van der Waals surface area contributed by atoms with Gasteiger partial charge in [-0.2, -0.15) is 5.10 Å². The Morgan fingerprint density at radius 3 is 2.50 bits per heavy atom. The van der Waals surface area contributed by atoms with Gasteiger partial charge in [-0.1, -0.05) is 0 Å². The van der Waals surface area contributed by atoms with Gasteiger partial charge in [-0.15, -0.1) is 11.3 Å². The van der Waals surface area contributed by atoms with Crippen LogP contribution in [0.15, 0.2) is 48.5 Å². The third-order valence-electron chi connectivity index (χ3n) is 4.74. The quantitative estimate of drug-likeness (QED) is 0.475. The van der Waals surface area contributed by atoms with E-state index in [1.807, 2.05) is 13.8 Å². The number of anilines is 1. The summed E-state index contributed by atoms with van der Waals surface area (Å²) in [5, 5.41) is 8.27. The minimum absolute atomic E-state index is 0.254. The lowest BCUT2D eigenvalue weighted by atomic mass is 10.1. The van der Waals surface area contributed by atoms with Crippen LogP contribution >= 0.6 is 11.3 Å². The van der Waals surface area contributed by atoms with E-state index in [0.717, 1.165) is 27.2 Å². The van der Waals surface area contributed by atoms with E-state index in [1.54, 1.807) is 41.1 Å². The zero-order valence-electron chi connectivity index (χ0n) is 16.5. The average Bonchev–Trinajstić information content (AvgIpc) is 3.30. The van der Waals surface area contributed by atoms with E-state index < -0.39 is 5.97 Å². The number of nitrogens with one attached hydrogen (secondary N) is 1. The molecule has 4 rings (SSSR count). The molecule has 2 aromatic carbocycles. The normalized spacial score (nSPS) is 10.9. The molecule has 0 bridgehead atoms. The minimum Gasteiger partial charge on any atom is -0.465 e. The van der Waals surface area contributed by atoms with Gasteiger partial charge in [0.1, 0.15) is 10.6 Å². The van der Waals surface area contributed by atoms with Crippen LogP contribution in [-0.4, -0.2) is 28.8 Å². The van der Waals surface area contributed by atoms with E-state index in [4.69, 9.17) is 4.74 Å². The van der Waals surface area contributed by atoms with Crippen LogP contribution in [0.25, 0.3) is 15.9 Å². The number of hydrogen-bond donors (Lipinski definition) is 1. The molecule has 0 saturated heterocycles. The summed E-state index contributed by atoms with van der Waals surface area (Å²) in [6, 6.07) is 12.8. The molecule has 2 heterocycles. The minimum atomic E-state index is -0.429. The fourth-order valence-corrected chi connectivity index (χ4v) is 4.23. The molecule has 1 amide bonds. The number of ether oxygens (including phenoxy) is 1. The first-order valence-corrected chi connectivity index (χ1v) is 9.94. The van der Waals surface area contributed by atoms with Crippen LogP contribution in [0.4, 0.5) is 10.1 Å². The molecule has 4 aromatic rings. The monoisotopic (exact) mass is 423 g/mol. The second-order valence-corrected chi connectivity index (χ2v) is 7.81. The van der Waals surface area contributed by atoms with E-state index in [1.165, 1.54) is 30.6 Å². The van der Waals surface area contributed by atoms with Crippen molar-refractivity contribution in [2.75, 3.05) is 12.4 Å². The Labute approximate surface area is 175 Å². The maximum absolute atomic E-state index is 13.3. The van der Waals surface area contributed by atoms with Gasteiger partial charge in [0.2, 0.25) is 0 Å². The molecule has 0 aliphatic carbocycles. The first kappa shape index (κ1) is 19.8. The molecule has 0 fully saturated rings. The molecule has 0 spiro atoms. The summed E-state index contributed by atoms with van der Waals surface area (Å²) in [5.41, 5.74) is 3.29. The fourth-order valence-electron chi connectivity index (χ4n) is 3.15. The van der Waals surface area contributed by atoms with Crippen molar-refractivity contribution in [3.63, 3.8) is 0 Å². The molecule has 152 valence electrons. The van der Waals surface area contributed by atoms with Gasteiger partial charge in [-0.25, -0.2) is 13.9 Å². The summed E-state index contributed by atoms with van der Waals surface area (Å²) in [4.78, 5) is 25.8. The molecule has 0 aliphatic rings. The number of nitrogens with zero attached hydrogens (tertiary/aromatic N) is 2. The van der Waals surface area contributed by atoms with Crippen LogP contribution in [0.3, 0.4) is 0 Å². The molecule has 0 atom stereocenters. The average molecular weight is 423 g/mol. The van der Waals surface area contributed by atoms with Crippen LogP contribution in [0, 0.1) is 19.7 Å². The molecule has 0 saturated carbocycles. The standard InChI is InChI=1S/C22H18FN3O3S/c1-12-10-14(22(28)29-3)4-9-18(12)24-20(27)19-11-17-13(2)25-26(21(17)30-19)16-7-5-15(23)6-8-16/h4-11H,1-3H3,(H,24,27). The van der Waals surface area contributed by atoms with Crippen molar-refractivity contribution < 1.29 is 18.7 Å². The second-order valence-electron chi connectivity index (χ2n) is 6.78. The summed E-state index contributed by atoms with van der Waals surface area (Å²) < 4.78 is 19.7. The maximum atomic E-state index is 13.3. The predicted molar refractivity (Wildman–Crippen MR) is 114 cm³/mol. The van der Waals surface area contributed by atoms with Crippen LogP contribution in [0.5, 0.6) is 0 Å². The van der Waals surface area contributed by atoms with E-state index in [2.05, 4.69) is 10.4 Å². The van der Waals surface area contributed by atoms with Crippen molar-refractivity contribution in [2.24, 2.45) is 0 Å². The number of benzene rings is 2. The number of rotatable bonds is 4. The Hall–Kier alpha value is -3.52.